The van der Waals surface area contributed by atoms with Gasteiger partial charge in [-0.25, -0.2) is 0 Å². The zero-order chi connectivity index (χ0) is 17.5. The molecule has 0 aliphatic heterocycles. The number of benzene rings is 2. The predicted octanol–water partition coefficient (Wildman–Crippen LogP) is 5.38. The highest BCUT2D eigenvalue weighted by Gasteiger charge is 2.62. The molecule has 1 saturated carbocycles. The van der Waals surface area contributed by atoms with Gasteiger partial charge in [-0.1, -0.05) is 49.2 Å². The summed E-state index contributed by atoms with van der Waals surface area (Å²) in [5, 5.41) is 4.20. The number of carbonyl (C=O) groups is 1. The van der Waals surface area contributed by atoms with Gasteiger partial charge in [-0.05, 0) is 41.3 Å². The Morgan fingerprint density at radius 3 is 2.33 bits per heavy atom. The minimum absolute atomic E-state index is 0.0273. The quantitative estimate of drug-likeness (QED) is 0.791. The third-order valence-electron chi connectivity index (χ3n) is 4.76. The van der Waals surface area contributed by atoms with Crippen LogP contribution in [0.3, 0.4) is 0 Å². The molecule has 2 atom stereocenters. The highest BCUT2D eigenvalue weighted by atomic mass is 35.5. The van der Waals surface area contributed by atoms with Crippen molar-refractivity contribution in [1.29, 1.82) is 0 Å². The van der Waals surface area contributed by atoms with Gasteiger partial charge in [-0.15, -0.1) is 0 Å². The number of anilines is 1. The first kappa shape index (κ1) is 17.1. The van der Waals surface area contributed by atoms with E-state index in [2.05, 4.69) is 19.2 Å². The van der Waals surface area contributed by atoms with E-state index in [1.165, 1.54) is 0 Å². The van der Waals surface area contributed by atoms with Crippen LogP contribution < -0.4 is 10.1 Å². The van der Waals surface area contributed by atoms with Gasteiger partial charge in [0.25, 0.3) is 0 Å². The smallest absolute Gasteiger partial charge is 0.228 e. The zero-order valence-electron chi connectivity index (χ0n) is 13.8. The number of hydrogen-bond acceptors (Lipinski definition) is 2. The molecule has 126 valence electrons. The van der Waals surface area contributed by atoms with Crippen LogP contribution in [0.2, 0.25) is 10.0 Å². The monoisotopic (exact) mass is 363 g/mol. The minimum atomic E-state index is -0.109. The Morgan fingerprint density at radius 1 is 1.08 bits per heavy atom. The van der Waals surface area contributed by atoms with Crippen molar-refractivity contribution in [2.24, 2.45) is 11.3 Å². The molecule has 0 bridgehead atoms. The highest BCUT2D eigenvalue weighted by molar-refractivity contribution is 6.31. The van der Waals surface area contributed by atoms with Crippen LogP contribution in [0.15, 0.2) is 42.5 Å². The van der Waals surface area contributed by atoms with Gasteiger partial charge in [0.15, 0.2) is 0 Å². The van der Waals surface area contributed by atoms with E-state index in [0.717, 1.165) is 5.56 Å². The van der Waals surface area contributed by atoms with Crippen LogP contribution in [0.1, 0.15) is 25.3 Å². The lowest BCUT2D eigenvalue weighted by Gasteiger charge is -2.11. The number of carbonyl (C=O) groups excluding carboxylic acids is 1. The summed E-state index contributed by atoms with van der Waals surface area (Å²) in [4.78, 5) is 12.8. The van der Waals surface area contributed by atoms with E-state index in [0.29, 0.717) is 21.5 Å². The number of amides is 1. The molecule has 0 radical (unpaired) electrons. The second-order valence-electron chi connectivity index (χ2n) is 6.66. The number of nitrogens with one attached hydrogen (secondary N) is 1. The SMILES string of the molecule is COc1ccc(Cl)cc1NC(=O)[C@@H]1C(c2ccc(Cl)cc2)C1(C)C. The van der Waals surface area contributed by atoms with Crippen molar-refractivity contribution < 1.29 is 9.53 Å². The van der Waals surface area contributed by atoms with E-state index in [4.69, 9.17) is 27.9 Å². The van der Waals surface area contributed by atoms with Gasteiger partial charge in [-0.2, -0.15) is 0 Å². The van der Waals surface area contributed by atoms with Crippen LogP contribution in [0, 0.1) is 11.3 Å². The number of methoxy groups -OCH3 is 1. The molecule has 1 unspecified atom stereocenters. The molecule has 0 heterocycles. The maximum atomic E-state index is 12.8. The standard InChI is InChI=1S/C19H19Cl2NO2/c1-19(2)16(11-4-6-12(20)7-5-11)17(19)18(23)22-14-10-13(21)8-9-15(14)24-3/h4-10,16-17H,1-3H3,(H,22,23)/t16?,17-/m0/s1. The number of rotatable bonds is 4. The molecule has 2 aromatic rings. The van der Waals surface area contributed by atoms with E-state index in [1.54, 1.807) is 25.3 Å². The van der Waals surface area contributed by atoms with Gasteiger partial charge in [-0.3, -0.25) is 4.79 Å². The van der Waals surface area contributed by atoms with Crippen LogP contribution in [0.5, 0.6) is 5.75 Å². The third kappa shape index (κ3) is 3.11. The fourth-order valence-electron chi connectivity index (χ4n) is 3.41. The zero-order valence-corrected chi connectivity index (χ0v) is 15.3. The molecule has 1 amide bonds. The van der Waals surface area contributed by atoms with Gasteiger partial charge in [0.2, 0.25) is 5.91 Å². The molecule has 3 rings (SSSR count). The molecule has 5 heteroatoms. The van der Waals surface area contributed by atoms with Crippen molar-refractivity contribution in [2.45, 2.75) is 19.8 Å². The molecule has 0 spiro atoms. The Balaban J connectivity index is 1.81. The van der Waals surface area contributed by atoms with Gasteiger partial charge in [0.05, 0.1) is 18.7 Å². The number of hydrogen-bond donors (Lipinski definition) is 1. The minimum Gasteiger partial charge on any atom is -0.495 e. The highest BCUT2D eigenvalue weighted by Crippen LogP contribution is 2.64. The second kappa shape index (κ2) is 6.30. The van der Waals surface area contributed by atoms with E-state index < -0.39 is 0 Å². The Bertz CT molecular complexity index is 771. The molecule has 2 aromatic carbocycles. The average Bonchev–Trinajstić information content (AvgIpc) is 3.11. The summed E-state index contributed by atoms with van der Waals surface area (Å²) in [6.07, 6.45) is 0. The van der Waals surface area contributed by atoms with Crippen molar-refractivity contribution in [2.75, 3.05) is 12.4 Å². The molecule has 0 aromatic heterocycles. The maximum Gasteiger partial charge on any atom is 0.228 e. The lowest BCUT2D eigenvalue weighted by Crippen LogP contribution is -2.17. The fraction of sp³-hybridized carbons (Fsp3) is 0.316. The first-order valence-corrected chi connectivity index (χ1v) is 8.50. The van der Waals surface area contributed by atoms with E-state index in [-0.39, 0.29) is 23.2 Å². The molecule has 24 heavy (non-hydrogen) atoms. The summed E-state index contributed by atoms with van der Waals surface area (Å²) in [5.41, 5.74) is 1.61. The van der Waals surface area contributed by atoms with Crippen molar-refractivity contribution in [3.63, 3.8) is 0 Å². The first-order chi connectivity index (χ1) is 11.3. The second-order valence-corrected chi connectivity index (χ2v) is 7.53. The molecular weight excluding hydrogens is 345 g/mol. The van der Waals surface area contributed by atoms with E-state index in [9.17, 15) is 4.79 Å². The van der Waals surface area contributed by atoms with Crippen LogP contribution in [-0.2, 0) is 4.79 Å². The largest absolute Gasteiger partial charge is 0.495 e. The third-order valence-corrected chi connectivity index (χ3v) is 5.25. The maximum absolute atomic E-state index is 12.8. The summed E-state index contributed by atoms with van der Waals surface area (Å²) in [6, 6.07) is 12.9. The van der Waals surface area contributed by atoms with Crippen molar-refractivity contribution in [3.8, 4) is 5.75 Å². The number of ether oxygens (including phenoxy) is 1. The Morgan fingerprint density at radius 2 is 1.71 bits per heavy atom. The van der Waals surface area contributed by atoms with Crippen LogP contribution >= 0.6 is 23.2 Å². The molecule has 1 aliphatic rings. The van der Waals surface area contributed by atoms with Crippen molar-refractivity contribution >= 4 is 34.8 Å². The molecule has 0 saturated heterocycles. The molecule has 3 nitrogen and oxygen atoms in total. The molecular formula is C19H19Cl2NO2. The normalized spacial score (nSPS) is 21.2. The molecule has 1 fully saturated rings. The molecule has 1 aliphatic carbocycles. The fourth-order valence-corrected chi connectivity index (χ4v) is 3.71. The summed E-state index contributed by atoms with van der Waals surface area (Å²) in [6.45, 7) is 4.21. The summed E-state index contributed by atoms with van der Waals surface area (Å²) < 4.78 is 5.29. The summed E-state index contributed by atoms with van der Waals surface area (Å²) >= 11 is 12.0. The molecule has 1 N–H and O–H groups in total. The summed E-state index contributed by atoms with van der Waals surface area (Å²) in [7, 11) is 1.57. The predicted molar refractivity (Wildman–Crippen MR) is 98.1 cm³/mol. The Hall–Kier alpha value is -1.71. The summed E-state index contributed by atoms with van der Waals surface area (Å²) in [5.74, 6) is 0.622. The van der Waals surface area contributed by atoms with Gasteiger partial charge in [0.1, 0.15) is 5.75 Å². The Labute approximate surface area is 151 Å². The first-order valence-electron chi connectivity index (χ1n) is 7.74. The lowest BCUT2D eigenvalue weighted by molar-refractivity contribution is -0.118. The van der Waals surface area contributed by atoms with Crippen LogP contribution in [0.25, 0.3) is 0 Å². The van der Waals surface area contributed by atoms with Gasteiger partial charge < -0.3 is 10.1 Å². The van der Waals surface area contributed by atoms with Crippen molar-refractivity contribution in [3.05, 3.63) is 58.1 Å². The van der Waals surface area contributed by atoms with Crippen molar-refractivity contribution in [1.82, 2.24) is 0 Å². The topological polar surface area (TPSA) is 38.3 Å². The van der Waals surface area contributed by atoms with Gasteiger partial charge >= 0.3 is 0 Å². The van der Waals surface area contributed by atoms with E-state index >= 15 is 0 Å². The van der Waals surface area contributed by atoms with Gasteiger partial charge in [0, 0.05) is 16.0 Å². The van der Waals surface area contributed by atoms with E-state index in [1.807, 2.05) is 24.3 Å². The van der Waals surface area contributed by atoms with Crippen LogP contribution in [0.4, 0.5) is 5.69 Å². The lowest BCUT2D eigenvalue weighted by atomic mass is 10.0. The van der Waals surface area contributed by atoms with Crippen LogP contribution in [-0.4, -0.2) is 13.0 Å². The Kier molecular flexibility index (Phi) is 4.50. The number of halogens is 2. The average molecular weight is 364 g/mol.